The zero-order chi connectivity index (χ0) is 17.5. The first-order valence-corrected chi connectivity index (χ1v) is 7.62. The van der Waals surface area contributed by atoms with Crippen LogP contribution in [0.2, 0.25) is 0 Å². The van der Waals surface area contributed by atoms with Gasteiger partial charge in [0.15, 0.2) is 0 Å². The summed E-state index contributed by atoms with van der Waals surface area (Å²) in [6.07, 6.45) is 0.899. The molecular weight excluding hydrogens is 296 g/mol. The quantitative estimate of drug-likeness (QED) is 0.759. The number of carboxylic acid groups (broad SMARTS) is 1. The van der Waals surface area contributed by atoms with Gasteiger partial charge < -0.3 is 15.3 Å². The second-order valence-corrected chi connectivity index (χ2v) is 5.72. The molecule has 0 heterocycles. The van der Waals surface area contributed by atoms with E-state index in [1.54, 1.807) is 6.92 Å². The summed E-state index contributed by atoms with van der Waals surface area (Å²) in [5.74, 6) is -1.78. The Bertz CT molecular complexity index is 559. The fourth-order valence-electron chi connectivity index (χ4n) is 2.07. The van der Waals surface area contributed by atoms with Gasteiger partial charge in [0.25, 0.3) is 0 Å². The molecule has 126 valence electrons. The van der Waals surface area contributed by atoms with Crippen molar-refractivity contribution < 1.29 is 19.5 Å². The smallest absolute Gasteiger partial charge is 0.329 e. The summed E-state index contributed by atoms with van der Waals surface area (Å²) < 4.78 is 0. The summed E-state index contributed by atoms with van der Waals surface area (Å²) in [6, 6.07) is 9.66. The summed E-state index contributed by atoms with van der Waals surface area (Å²) in [5, 5.41) is 11.7. The molecule has 6 heteroatoms. The summed E-state index contributed by atoms with van der Waals surface area (Å²) in [5.41, 5.74) is -0.248. The molecule has 1 atom stereocenters. The summed E-state index contributed by atoms with van der Waals surface area (Å²) in [6.45, 7) is 4.80. The Kier molecular flexibility index (Phi) is 6.75. The number of benzene rings is 1. The van der Waals surface area contributed by atoms with E-state index >= 15 is 0 Å². The highest BCUT2D eigenvalue weighted by molar-refractivity contribution is 5.89. The fraction of sp³-hybridized carbons (Fsp3) is 0.471. The first kappa shape index (κ1) is 18.7. The minimum absolute atomic E-state index is 0.148. The van der Waals surface area contributed by atoms with Gasteiger partial charge in [-0.1, -0.05) is 37.3 Å². The Morgan fingerprint density at radius 3 is 2.30 bits per heavy atom. The number of hydrogen-bond donors (Lipinski definition) is 2. The number of aliphatic carboxylic acids is 1. The lowest BCUT2D eigenvalue weighted by molar-refractivity contribution is -0.147. The first-order chi connectivity index (χ1) is 10.8. The number of carbonyl (C=O) groups excluding carboxylic acids is 2. The molecule has 0 fully saturated rings. The van der Waals surface area contributed by atoms with Gasteiger partial charge in [0.05, 0.1) is 6.54 Å². The molecule has 0 aromatic heterocycles. The second-order valence-electron chi connectivity index (χ2n) is 5.72. The van der Waals surface area contributed by atoms with Crippen LogP contribution < -0.4 is 5.32 Å². The van der Waals surface area contributed by atoms with Crippen molar-refractivity contribution in [2.75, 3.05) is 13.1 Å². The van der Waals surface area contributed by atoms with Crippen molar-refractivity contribution in [1.82, 2.24) is 10.2 Å². The zero-order valence-electron chi connectivity index (χ0n) is 13.8. The highest BCUT2D eigenvalue weighted by atomic mass is 16.4. The average molecular weight is 320 g/mol. The van der Waals surface area contributed by atoms with Crippen molar-refractivity contribution in [2.45, 2.75) is 39.2 Å². The van der Waals surface area contributed by atoms with Crippen LogP contribution in [0.1, 0.15) is 32.8 Å². The average Bonchev–Trinajstić information content (AvgIpc) is 2.51. The molecule has 1 aromatic carbocycles. The van der Waals surface area contributed by atoms with E-state index in [2.05, 4.69) is 5.32 Å². The van der Waals surface area contributed by atoms with Crippen molar-refractivity contribution in [3.63, 3.8) is 0 Å². The largest absolute Gasteiger partial charge is 0.480 e. The first-order valence-electron chi connectivity index (χ1n) is 7.62. The van der Waals surface area contributed by atoms with E-state index in [0.29, 0.717) is 13.0 Å². The molecule has 0 aliphatic heterocycles. The van der Waals surface area contributed by atoms with Gasteiger partial charge in [-0.15, -0.1) is 0 Å². The highest BCUT2D eigenvalue weighted by Gasteiger charge is 2.33. The molecule has 2 amide bonds. The Morgan fingerprint density at radius 2 is 1.83 bits per heavy atom. The minimum atomic E-state index is -1.32. The standard InChI is InChI=1S/C17H24N2O4/c1-4-17(3,16(22)23)18-15(21)12-19(13(2)20)11-10-14-8-6-5-7-9-14/h5-9H,4,10-12H2,1-3H3,(H,18,21)(H,22,23). The topological polar surface area (TPSA) is 86.7 Å². The molecule has 0 bridgehead atoms. The van der Waals surface area contributed by atoms with E-state index < -0.39 is 17.4 Å². The molecule has 0 radical (unpaired) electrons. The maximum atomic E-state index is 12.1. The molecule has 1 rings (SSSR count). The molecule has 23 heavy (non-hydrogen) atoms. The SMILES string of the molecule is CCC(C)(NC(=O)CN(CCc1ccccc1)C(C)=O)C(=O)O. The van der Waals surface area contributed by atoms with Crippen molar-refractivity contribution >= 4 is 17.8 Å². The fourth-order valence-corrected chi connectivity index (χ4v) is 2.07. The number of nitrogens with zero attached hydrogens (tertiary/aromatic N) is 1. The maximum absolute atomic E-state index is 12.1. The van der Waals surface area contributed by atoms with Gasteiger partial charge >= 0.3 is 5.97 Å². The van der Waals surface area contributed by atoms with E-state index in [1.807, 2.05) is 30.3 Å². The lowest BCUT2D eigenvalue weighted by Crippen LogP contribution is -2.54. The number of carbonyl (C=O) groups is 3. The summed E-state index contributed by atoms with van der Waals surface area (Å²) in [7, 11) is 0. The van der Waals surface area contributed by atoms with Crippen LogP contribution in [0.3, 0.4) is 0 Å². The molecule has 1 unspecified atom stereocenters. The number of amides is 2. The van der Waals surface area contributed by atoms with E-state index in [9.17, 15) is 19.5 Å². The normalized spacial score (nSPS) is 13.0. The number of carboxylic acids is 1. The van der Waals surface area contributed by atoms with Gasteiger partial charge in [0.2, 0.25) is 11.8 Å². The van der Waals surface area contributed by atoms with Crippen LogP contribution in [0.5, 0.6) is 0 Å². The van der Waals surface area contributed by atoms with Gasteiger partial charge in [-0.3, -0.25) is 9.59 Å². The molecule has 6 nitrogen and oxygen atoms in total. The molecule has 0 aliphatic rings. The van der Waals surface area contributed by atoms with Gasteiger partial charge in [0.1, 0.15) is 5.54 Å². The molecule has 0 spiro atoms. The monoisotopic (exact) mass is 320 g/mol. The number of nitrogens with one attached hydrogen (secondary N) is 1. The van der Waals surface area contributed by atoms with Crippen molar-refractivity contribution in [3.8, 4) is 0 Å². The third kappa shape index (κ3) is 5.73. The van der Waals surface area contributed by atoms with Crippen molar-refractivity contribution in [1.29, 1.82) is 0 Å². The van der Waals surface area contributed by atoms with Crippen LogP contribution >= 0.6 is 0 Å². The van der Waals surface area contributed by atoms with E-state index in [-0.39, 0.29) is 18.9 Å². The van der Waals surface area contributed by atoms with Crippen LogP contribution in [0.4, 0.5) is 0 Å². The van der Waals surface area contributed by atoms with Gasteiger partial charge in [-0.25, -0.2) is 4.79 Å². The van der Waals surface area contributed by atoms with Gasteiger partial charge in [-0.05, 0) is 25.3 Å². The predicted molar refractivity (Wildman–Crippen MR) is 86.9 cm³/mol. The van der Waals surface area contributed by atoms with E-state index in [4.69, 9.17) is 0 Å². The van der Waals surface area contributed by atoms with Crippen LogP contribution in [0, 0.1) is 0 Å². The third-order valence-electron chi connectivity index (χ3n) is 3.89. The van der Waals surface area contributed by atoms with E-state index in [0.717, 1.165) is 5.56 Å². The molecule has 1 aromatic rings. The Morgan fingerprint density at radius 1 is 1.22 bits per heavy atom. The van der Waals surface area contributed by atoms with Crippen LogP contribution in [0.25, 0.3) is 0 Å². The minimum Gasteiger partial charge on any atom is -0.480 e. The Labute approximate surface area is 136 Å². The van der Waals surface area contributed by atoms with Crippen LogP contribution in [-0.2, 0) is 20.8 Å². The zero-order valence-corrected chi connectivity index (χ0v) is 13.8. The van der Waals surface area contributed by atoms with Crippen LogP contribution in [-0.4, -0.2) is 46.4 Å². The predicted octanol–water partition coefficient (Wildman–Crippen LogP) is 1.45. The van der Waals surface area contributed by atoms with Gasteiger partial charge in [-0.2, -0.15) is 0 Å². The Hall–Kier alpha value is -2.37. The summed E-state index contributed by atoms with van der Waals surface area (Å²) in [4.78, 5) is 36.4. The lowest BCUT2D eigenvalue weighted by Gasteiger charge is -2.27. The summed E-state index contributed by atoms with van der Waals surface area (Å²) >= 11 is 0. The highest BCUT2D eigenvalue weighted by Crippen LogP contribution is 2.09. The van der Waals surface area contributed by atoms with Crippen LogP contribution in [0.15, 0.2) is 30.3 Å². The van der Waals surface area contributed by atoms with Crippen molar-refractivity contribution in [3.05, 3.63) is 35.9 Å². The molecule has 0 aliphatic carbocycles. The second kappa shape index (κ2) is 8.31. The lowest BCUT2D eigenvalue weighted by atomic mass is 9.99. The van der Waals surface area contributed by atoms with Gasteiger partial charge in [0, 0.05) is 13.5 Å². The molecule has 2 N–H and O–H groups in total. The third-order valence-corrected chi connectivity index (χ3v) is 3.89. The number of hydrogen-bond acceptors (Lipinski definition) is 3. The Balaban J connectivity index is 2.63. The maximum Gasteiger partial charge on any atom is 0.329 e. The molecular formula is C17H24N2O4. The molecule has 0 saturated heterocycles. The van der Waals surface area contributed by atoms with E-state index in [1.165, 1.54) is 18.7 Å². The number of rotatable bonds is 8. The van der Waals surface area contributed by atoms with Crippen molar-refractivity contribution in [2.24, 2.45) is 0 Å². The molecule has 0 saturated carbocycles.